The minimum absolute atomic E-state index is 0.0160. The van der Waals surface area contributed by atoms with E-state index in [1.165, 1.54) is 12.1 Å². The molecule has 0 fully saturated rings. The molecule has 0 aromatic heterocycles. The summed E-state index contributed by atoms with van der Waals surface area (Å²) in [6.45, 7) is 3.85. The Morgan fingerprint density at radius 3 is 2.52 bits per heavy atom. The second-order valence-corrected chi connectivity index (χ2v) is 4.85. The molecule has 2 aromatic carbocycles. The van der Waals surface area contributed by atoms with E-state index in [0.29, 0.717) is 11.3 Å². The molecule has 21 heavy (non-hydrogen) atoms. The summed E-state index contributed by atoms with van der Waals surface area (Å²) < 4.78 is 0. The van der Waals surface area contributed by atoms with Crippen molar-refractivity contribution in [1.29, 1.82) is 0 Å². The second kappa shape index (κ2) is 5.70. The van der Waals surface area contributed by atoms with Crippen molar-refractivity contribution < 1.29 is 15.1 Å². The molecule has 0 bridgehead atoms. The first kappa shape index (κ1) is 14.6. The molecule has 0 saturated carbocycles. The molecule has 0 aliphatic carbocycles. The number of aryl methyl sites for hydroxylation is 2. The first-order chi connectivity index (χ1) is 9.90. The summed E-state index contributed by atoms with van der Waals surface area (Å²) in [5, 5.41) is 33.2. The van der Waals surface area contributed by atoms with Crippen LogP contribution in [-0.4, -0.2) is 15.1 Å². The molecular weight excluding hydrogens is 272 g/mol. The fraction of sp³-hybridized carbons (Fsp3) is 0.200. The van der Waals surface area contributed by atoms with Gasteiger partial charge in [0.05, 0.1) is 4.92 Å². The van der Waals surface area contributed by atoms with E-state index < -0.39 is 4.92 Å². The van der Waals surface area contributed by atoms with Crippen LogP contribution in [0.5, 0.6) is 11.5 Å². The highest BCUT2D eigenvalue weighted by Gasteiger charge is 2.16. The highest BCUT2D eigenvalue weighted by Crippen LogP contribution is 2.31. The number of phenols is 2. The molecule has 0 unspecified atom stereocenters. The van der Waals surface area contributed by atoms with Crippen LogP contribution >= 0.6 is 0 Å². The zero-order valence-corrected chi connectivity index (χ0v) is 11.8. The third-order valence-electron chi connectivity index (χ3n) is 3.38. The molecule has 0 aliphatic rings. The van der Waals surface area contributed by atoms with Crippen LogP contribution in [0.15, 0.2) is 30.3 Å². The Labute approximate surface area is 121 Å². The fourth-order valence-corrected chi connectivity index (χ4v) is 2.00. The SMILES string of the molecule is Cc1cc(NCc2cccc(O)c2O)c([N+](=O)[O-])cc1C. The predicted octanol–water partition coefficient (Wildman–Crippen LogP) is 3.23. The third kappa shape index (κ3) is 3.05. The Bertz CT molecular complexity index is 698. The van der Waals surface area contributed by atoms with Crippen molar-refractivity contribution in [3.05, 3.63) is 57.1 Å². The molecule has 0 aliphatic heterocycles. The van der Waals surface area contributed by atoms with Gasteiger partial charge in [-0.05, 0) is 37.1 Å². The van der Waals surface area contributed by atoms with E-state index in [0.717, 1.165) is 11.1 Å². The predicted molar refractivity (Wildman–Crippen MR) is 79.7 cm³/mol. The average molecular weight is 288 g/mol. The first-order valence-electron chi connectivity index (χ1n) is 6.39. The van der Waals surface area contributed by atoms with Crippen molar-refractivity contribution in [2.24, 2.45) is 0 Å². The molecule has 2 rings (SSSR count). The number of para-hydroxylation sites is 1. The molecule has 0 radical (unpaired) electrons. The average Bonchev–Trinajstić information content (AvgIpc) is 2.43. The third-order valence-corrected chi connectivity index (χ3v) is 3.38. The van der Waals surface area contributed by atoms with Crippen LogP contribution in [0.25, 0.3) is 0 Å². The van der Waals surface area contributed by atoms with Gasteiger partial charge in [-0.3, -0.25) is 10.1 Å². The number of phenolic OH excluding ortho intramolecular Hbond substituents is 2. The summed E-state index contributed by atoms with van der Waals surface area (Å²) in [6, 6.07) is 7.82. The molecular formula is C15H16N2O4. The van der Waals surface area contributed by atoms with Crippen LogP contribution in [0.4, 0.5) is 11.4 Å². The molecule has 0 spiro atoms. The molecule has 0 amide bonds. The van der Waals surface area contributed by atoms with Crippen molar-refractivity contribution in [2.45, 2.75) is 20.4 Å². The molecule has 3 N–H and O–H groups in total. The topological polar surface area (TPSA) is 95.6 Å². The monoisotopic (exact) mass is 288 g/mol. The van der Waals surface area contributed by atoms with Crippen molar-refractivity contribution in [1.82, 2.24) is 0 Å². The van der Waals surface area contributed by atoms with E-state index in [1.54, 1.807) is 18.2 Å². The van der Waals surface area contributed by atoms with Crippen LogP contribution in [0, 0.1) is 24.0 Å². The summed E-state index contributed by atoms with van der Waals surface area (Å²) in [6.07, 6.45) is 0. The lowest BCUT2D eigenvalue weighted by Gasteiger charge is -2.11. The summed E-state index contributed by atoms with van der Waals surface area (Å²) in [5.74, 6) is -0.444. The Hall–Kier alpha value is -2.76. The van der Waals surface area contributed by atoms with Gasteiger partial charge in [0.15, 0.2) is 11.5 Å². The zero-order valence-electron chi connectivity index (χ0n) is 11.8. The van der Waals surface area contributed by atoms with Crippen molar-refractivity contribution in [2.75, 3.05) is 5.32 Å². The van der Waals surface area contributed by atoms with E-state index in [-0.39, 0.29) is 23.7 Å². The number of nitrogens with zero attached hydrogens (tertiary/aromatic N) is 1. The van der Waals surface area contributed by atoms with E-state index in [4.69, 9.17) is 0 Å². The lowest BCUT2D eigenvalue weighted by molar-refractivity contribution is -0.384. The van der Waals surface area contributed by atoms with E-state index >= 15 is 0 Å². The first-order valence-corrected chi connectivity index (χ1v) is 6.39. The van der Waals surface area contributed by atoms with Crippen LogP contribution in [-0.2, 0) is 6.54 Å². The van der Waals surface area contributed by atoms with E-state index in [1.807, 2.05) is 13.8 Å². The molecule has 110 valence electrons. The molecule has 6 heteroatoms. The van der Waals surface area contributed by atoms with Crippen LogP contribution in [0.1, 0.15) is 16.7 Å². The normalized spacial score (nSPS) is 10.4. The van der Waals surface area contributed by atoms with Gasteiger partial charge in [0, 0.05) is 18.2 Å². The Kier molecular flexibility index (Phi) is 3.98. The maximum absolute atomic E-state index is 11.1. The largest absolute Gasteiger partial charge is 0.504 e. The summed E-state index contributed by atoms with van der Waals surface area (Å²) in [7, 11) is 0. The minimum atomic E-state index is -0.447. The van der Waals surface area contributed by atoms with Gasteiger partial charge in [0.25, 0.3) is 5.69 Å². The van der Waals surface area contributed by atoms with Gasteiger partial charge in [0.2, 0.25) is 0 Å². The number of anilines is 1. The van der Waals surface area contributed by atoms with Gasteiger partial charge in [0.1, 0.15) is 5.69 Å². The standard InChI is InChI=1S/C15H16N2O4/c1-9-6-12(13(17(20)21)7-10(9)2)16-8-11-4-3-5-14(18)15(11)19/h3-7,16,18-19H,8H2,1-2H3. The fourth-order valence-electron chi connectivity index (χ4n) is 2.00. The van der Waals surface area contributed by atoms with E-state index in [9.17, 15) is 20.3 Å². The molecule has 0 atom stereocenters. The number of rotatable bonds is 4. The van der Waals surface area contributed by atoms with Gasteiger partial charge < -0.3 is 15.5 Å². The zero-order chi connectivity index (χ0) is 15.6. The molecule has 0 saturated heterocycles. The Morgan fingerprint density at radius 1 is 1.19 bits per heavy atom. The van der Waals surface area contributed by atoms with Gasteiger partial charge >= 0.3 is 0 Å². The number of hydrogen-bond donors (Lipinski definition) is 3. The number of benzene rings is 2. The number of hydrogen-bond acceptors (Lipinski definition) is 5. The van der Waals surface area contributed by atoms with Crippen molar-refractivity contribution in [3.63, 3.8) is 0 Å². The number of nitro benzene ring substituents is 1. The maximum Gasteiger partial charge on any atom is 0.292 e. The number of nitro groups is 1. The summed E-state index contributed by atoms with van der Waals surface area (Å²) >= 11 is 0. The Morgan fingerprint density at radius 2 is 1.86 bits per heavy atom. The highest BCUT2D eigenvalue weighted by molar-refractivity contribution is 5.65. The van der Waals surface area contributed by atoms with Gasteiger partial charge in [-0.2, -0.15) is 0 Å². The van der Waals surface area contributed by atoms with Crippen molar-refractivity contribution in [3.8, 4) is 11.5 Å². The maximum atomic E-state index is 11.1. The van der Waals surface area contributed by atoms with Gasteiger partial charge in [-0.25, -0.2) is 0 Å². The lowest BCUT2D eigenvalue weighted by atomic mass is 10.1. The number of aromatic hydroxyl groups is 2. The van der Waals surface area contributed by atoms with Crippen LogP contribution < -0.4 is 5.32 Å². The smallest absolute Gasteiger partial charge is 0.292 e. The Balaban J connectivity index is 2.29. The van der Waals surface area contributed by atoms with Crippen molar-refractivity contribution >= 4 is 11.4 Å². The van der Waals surface area contributed by atoms with Gasteiger partial charge in [-0.1, -0.05) is 12.1 Å². The summed E-state index contributed by atoms with van der Waals surface area (Å²) in [5.41, 5.74) is 2.60. The van der Waals surface area contributed by atoms with E-state index in [2.05, 4.69) is 5.32 Å². The molecule has 6 nitrogen and oxygen atoms in total. The minimum Gasteiger partial charge on any atom is -0.504 e. The number of nitrogens with one attached hydrogen (secondary N) is 1. The quantitative estimate of drug-likeness (QED) is 0.456. The van der Waals surface area contributed by atoms with Crippen LogP contribution in [0.3, 0.4) is 0 Å². The molecule has 0 heterocycles. The van der Waals surface area contributed by atoms with Crippen LogP contribution in [0.2, 0.25) is 0 Å². The summed E-state index contributed by atoms with van der Waals surface area (Å²) in [4.78, 5) is 10.6. The highest BCUT2D eigenvalue weighted by atomic mass is 16.6. The van der Waals surface area contributed by atoms with Gasteiger partial charge in [-0.15, -0.1) is 0 Å². The lowest BCUT2D eigenvalue weighted by Crippen LogP contribution is -2.04. The molecule has 2 aromatic rings. The second-order valence-electron chi connectivity index (χ2n) is 4.85.